The number of nitrogens with two attached hydrogens (primary N) is 1. The summed E-state index contributed by atoms with van der Waals surface area (Å²) in [6.07, 6.45) is 6.89. The van der Waals surface area contributed by atoms with Gasteiger partial charge in [0.05, 0.1) is 0 Å². The van der Waals surface area contributed by atoms with Crippen molar-refractivity contribution in [3.05, 3.63) is 0 Å². The van der Waals surface area contributed by atoms with Crippen LogP contribution in [0.3, 0.4) is 0 Å². The van der Waals surface area contributed by atoms with Gasteiger partial charge in [0, 0.05) is 18.5 Å². The lowest BCUT2D eigenvalue weighted by Crippen LogP contribution is -2.56. The molecule has 0 aromatic heterocycles. The van der Waals surface area contributed by atoms with Crippen LogP contribution in [-0.4, -0.2) is 18.5 Å². The van der Waals surface area contributed by atoms with E-state index in [4.69, 9.17) is 5.73 Å². The number of halogens is 1. The van der Waals surface area contributed by atoms with Crippen LogP contribution in [0.1, 0.15) is 39.0 Å². The Hall–Kier alpha value is -0.280. The fourth-order valence-corrected chi connectivity index (χ4v) is 4.57. The van der Waals surface area contributed by atoms with E-state index in [-0.39, 0.29) is 24.2 Å². The normalized spacial score (nSPS) is 42.2. The fraction of sp³-hybridized carbons (Fsp3) is 0.929. The predicted octanol–water partition coefficient (Wildman–Crippen LogP) is 1.94. The Kier molecular flexibility index (Phi) is 4.22. The van der Waals surface area contributed by atoms with Crippen molar-refractivity contribution in [2.75, 3.05) is 6.54 Å². The third kappa shape index (κ3) is 2.39. The van der Waals surface area contributed by atoms with Gasteiger partial charge in [-0.2, -0.15) is 0 Å². The van der Waals surface area contributed by atoms with Gasteiger partial charge in [-0.15, -0.1) is 12.4 Å². The van der Waals surface area contributed by atoms with Crippen LogP contribution in [0.5, 0.6) is 0 Å². The number of nitrogens with one attached hydrogen (secondary N) is 1. The van der Waals surface area contributed by atoms with E-state index in [9.17, 15) is 4.79 Å². The van der Waals surface area contributed by atoms with Crippen LogP contribution in [0.2, 0.25) is 0 Å². The highest BCUT2D eigenvalue weighted by atomic mass is 35.5. The first kappa shape index (κ1) is 14.1. The molecule has 104 valence electrons. The maximum absolute atomic E-state index is 12.0. The monoisotopic (exact) mass is 272 g/mol. The minimum absolute atomic E-state index is 0. The Bertz CT molecular complexity index is 293. The van der Waals surface area contributed by atoms with E-state index in [2.05, 4.69) is 5.32 Å². The van der Waals surface area contributed by atoms with Gasteiger partial charge in [0.1, 0.15) is 0 Å². The van der Waals surface area contributed by atoms with Gasteiger partial charge in [-0.1, -0.05) is 6.92 Å². The molecule has 3 N–H and O–H groups in total. The largest absolute Gasteiger partial charge is 0.353 e. The molecule has 0 saturated heterocycles. The van der Waals surface area contributed by atoms with E-state index in [0.717, 1.165) is 23.7 Å². The lowest BCUT2D eigenvalue weighted by Gasteiger charge is -2.54. The molecule has 1 amide bonds. The Morgan fingerprint density at radius 1 is 1.17 bits per heavy atom. The van der Waals surface area contributed by atoms with Crippen LogP contribution < -0.4 is 11.1 Å². The summed E-state index contributed by atoms with van der Waals surface area (Å²) in [4.78, 5) is 12.0. The number of amides is 1. The van der Waals surface area contributed by atoms with Gasteiger partial charge in [-0.3, -0.25) is 4.79 Å². The van der Waals surface area contributed by atoms with Gasteiger partial charge in [0.25, 0.3) is 0 Å². The number of carbonyl (C=O) groups excluding carboxylic acids is 1. The lowest BCUT2D eigenvalue weighted by molar-refractivity contribution is -0.128. The Morgan fingerprint density at radius 3 is 2.11 bits per heavy atom. The Labute approximate surface area is 116 Å². The smallest absolute Gasteiger partial charge is 0.224 e. The molecular weight excluding hydrogens is 248 g/mol. The summed E-state index contributed by atoms with van der Waals surface area (Å²) >= 11 is 0. The van der Waals surface area contributed by atoms with Crippen molar-refractivity contribution in [1.82, 2.24) is 5.32 Å². The van der Waals surface area contributed by atoms with E-state index in [1.807, 2.05) is 6.92 Å². The number of rotatable bonds is 3. The van der Waals surface area contributed by atoms with Crippen LogP contribution in [0, 0.1) is 29.6 Å². The molecule has 18 heavy (non-hydrogen) atoms. The molecule has 4 rings (SSSR count). The van der Waals surface area contributed by atoms with E-state index in [1.165, 1.54) is 32.1 Å². The molecule has 4 bridgehead atoms. The number of hydrogen-bond donors (Lipinski definition) is 2. The van der Waals surface area contributed by atoms with Crippen LogP contribution in [-0.2, 0) is 4.79 Å². The summed E-state index contributed by atoms with van der Waals surface area (Å²) in [5, 5.41) is 3.29. The van der Waals surface area contributed by atoms with Crippen LogP contribution in [0.15, 0.2) is 0 Å². The maximum atomic E-state index is 12.0. The van der Waals surface area contributed by atoms with Crippen molar-refractivity contribution >= 4 is 18.3 Å². The average molecular weight is 273 g/mol. The van der Waals surface area contributed by atoms with Crippen molar-refractivity contribution in [1.29, 1.82) is 0 Å². The molecule has 0 aliphatic heterocycles. The molecule has 0 heterocycles. The second kappa shape index (κ2) is 5.38. The Morgan fingerprint density at radius 2 is 1.67 bits per heavy atom. The van der Waals surface area contributed by atoms with E-state index < -0.39 is 0 Å². The molecule has 4 heteroatoms. The summed E-state index contributed by atoms with van der Waals surface area (Å²) in [5.41, 5.74) is 5.56. The van der Waals surface area contributed by atoms with Gasteiger partial charge < -0.3 is 11.1 Å². The molecule has 0 radical (unpaired) electrons. The molecule has 0 spiro atoms. The highest BCUT2D eigenvalue weighted by Crippen LogP contribution is 2.53. The summed E-state index contributed by atoms with van der Waals surface area (Å²) in [6.45, 7) is 2.38. The molecule has 1 unspecified atom stereocenters. The molecule has 4 aliphatic rings. The van der Waals surface area contributed by atoms with Gasteiger partial charge in [0.15, 0.2) is 0 Å². The third-order valence-corrected chi connectivity index (χ3v) is 5.34. The predicted molar refractivity (Wildman–Crippen MR) is 74.4 cm³/mol. The van der Waals surface area contributed by atoms with Crippen molar-refractivity contribution in [3.8, 4) is 0 Å². The molecule has 4 aliphatic carbocycles. The van der Waals surface area contributed by atoms with Gasteiger partial charge in [-0.25, -0.2) is 0 Å². The summed E-state index contributed by atoms with van der Waals surface area (Å²) in [6, 6.07) is 0.462. The van der Waals surface area contributed by atoms with Gasteiger partial charge >= 0.3 is 0 Å². The lowest BCUT2D eigenvalue weighted by atomic mass is 9.54. The summed E-state index contributed by atoms with van der Waals surface area (Å²) in [5.74, 6) is 3.60. The number of hydrogen-bond acceptors (Lipinski definition) is 2. The summed E-state index contributed by atoms with van der Waals surface area (Å²) < 4.78 is 0. The zero-order valence-corrected chi connectivity index (χ0v) is 11.9. The van der Waals surface area contributed by atoms with Gasteiger partial charge in [0.2, 0.25) is 5.91 Å². The van der Waals surface area contributed by atoms with Crippen LogP contribution in [0.4, 0.5) is 0 Å². The zero-order valence-electron chi connectivity index (χ0n) is 11.1. The standard InChI is InChI=1S/C14H24N2O.ClH/c1-8(7-15)14(17)16-13-11-3-9-2-10(5-11)6-12(13)4-9;/h8-13H,2-7,15H2,1H3,(H,16,17);1H. The maximum Gasteiger partial charge on any atom is 0.224 e. The van der Waals surface area contributed by atoms with E-state index in [1.54, 1.807) is 0 Å². The van der Waals surface area contributed by atoms with Crippen molar-refractivity contribution in [3.63, 3.8) is 0 Å². The second-order valence-electron chi connectivity index (χ2n) is 6.60. The molecule has 3 nitrogen and oxygen atoms in total. The van der Waals surface area contributed by atoms with E-state index in [0.29, 0.717) is 12.6 Å². The molecule has 4 saturated carbocycles. The van der Waals surface area contributed by atoms with Crippen LogP contribution in [0.25, 0.3) is 0 Å². The third-order valence-electron chi connectivity index (χ3n) is 5.34. The SMILES string of the molecule is CC(CN)C(=O)NC1C2CC3CC(C2)CC1C3.Cl. The minimum atomic E-state index is -0.0350. The Balaban J connectivity index is 0.00000120. The topological polar surface area (TPSA) is 55.1 Å². The highest BCUT2D eigenvalue weighted by molar-refractivity contribution is 5.85. The first-order valence-electron chi connectivity index (χ1n) is 7.17. The van der Waals surface area contributed by atoms with Crippen molar-refractivity contribution in [2.45, 2.75) is 45.1 Å². The summed E-state index contributed by atoms with van der Waals surface area (Å²) in [7, 11) is 0. The molecule has 0 aromatic carbocycles. The fourth-order valence-electron chi connectivity index (χ4n) is 4.57. The van der Waals surface area contributed by atoms with Crippen LogP contribution >= 0.6 is 12.4 Å². The number of carbonyl (C=O) groups is 1. The van der Waals surface area contributed by atoms with Gasteiger partial charge in [-0.05, 0) is 55.8 Å². The first-order chi connectivity index (χ1) is 8.17. The second-order valence-corrected chi connectivity index (χ2v) is 6.60. The molecule has 0 aromatic rings. The molecular formula is C14H25ClN2O. The quantitative estimate of drug-likeness (QED) is 0.825. The average Bonchev–Trinajstić information content (AvgIpc) is 2.31. The molecule has 4 fully saturated rings. The van der Waals surface area contributed by atoms with Crippen molar-refractivity contribution in [2.24, 2.45) is 35.3 Å². The van der Waals surface area contributed by atoms with E-state index >= 15 is 0 Å². The first-order valence-corrected chi connectivity index (χ1v) is 7.17. The minimum Gasteiger partial charge on any atom is -0.353 e. The highest BCUT2D eigenvalue weighted by Gasteiger charge is 2.48. The zero-order chi connectivity index (χ0) is 12.0. The van der Waals surface area contributed by atoms with Crippen molar-refractivity contribution < 1.29 is 4.79 Å². The molecule has 1 atom stereocenters.